The molecule has 9 nitrogen and oxygen atoms in total. The van der Waals surface area contributed by atoms with E-state index in [4.69, 9.17) is 0 Å². The zero-order chi connectivity index (χ0) is 25.4. The number of hydrogen-bond acceptors (Lipinski definition) is 5. The van der Waals surface area contributed by atoms with Crippen LogP contribution in [0.25, 0.3) is 10.8 Å². The van der Waals surface area contributed by atoms with Crippen molar-refractivity contribution in [3.8, 4) is 0 Å². The minimum Gasteiger partial charge on any atom is -0.309 e. The number of hydrazine groups is 1. The van der Waals surface area contributed by atoms with Crippen LogP contribution in [0.1, 0.15) is 48.7 Å². The van der Waals surface area contributed by atoms with Crippen molar-refractivity contribution < 1.29 is 14.4 Å². The Hall–Kier alpha value is -4.01. The molecule has 0 spiro atoms. The number of fused-ring (bicyclic) bond motifs is 2. The normalized spacial score (nSPS) is 21.2. The van der Waals surface area contributed by atoms with Gasteiger partial charge in [0.05, 0.1) is 17.2 Å². The maximum absolute atomic E-state index is 13.7. The molecule has 1 aliphatic carbocycles. The van der Waals surface area contributed by atoms with Gasteiger partial charge in [-0.25, -0.2) is 4.68 Å². The molecule has 1 saturated carbocycles. The number of benzene rings is 2. The number of aryl methyl sites for hydroxylation is 1. The van der Waals surface area contributed by atoms with Crippen LogP contribution in [-0.2, 0) is 23.1 Å². The molecule has 36 heavy (non-hydrogen) atoms. The predicted octanol–water partition coefficient (Wildman–Crippen LogP) is 2.48. The molecule has 3 atom stereocenters. The van der Waals surface area contributed by atoms with Crippen molar-refractivity contribution in [2.75, 3.05) is 4.90 Å². The summed E-state index contributed by atoms with van der Waals surface area (Å²) in [5.74, 6) is -2.06. The van der Waals surface area contributed by atoms with Crippen LogP contribution in [-0.4, -0.2) is 33.5 Å². The van der Waals surface area contributed by atoms with Crippen molar-refractivity contribution in [1.29, 1.82) is 0 Å². The molecule has 2 aromatic carbocycles. The number of nitrogens with one attached hydrogen (secondary N) is 2. The molecule has 0 saturated heterocycles. The van der Waals surface area contributed by atoms with Gasteiger partial charge in [0.15, 0.2) is 5.69 Å². The molecule has 5 rings (SSSR count). The fraction of sp³-hybridized carbons (Fsp3) is 0.370. The second-order valence-electron chi connectivity index (χ2n) is 9.65. The fourth-order valence-corrected chi connectivity index (χ4v) is 5.56. The first-order valence-electron chi connectivity index (χ1n) is 12.3. The van der Waals surface area contributed by atoms with Crippen LogP contribution in [0.4, 0.5) is 5.69 Å². The Labute approximate surface area is 208 Å². The molecule has 0 bridgehead atoms. The third kappa shape index (κ3) is 4.14. The van der Waals surface area contributed by atoms with Gasteiger partial charge in [0.25, 0.3) is 11.5 Å². The van der Waals surface area contributed by atoms with Crippen molar-refractivity contribution in [2.24, 2.45) is 18.9 Å². The molecule has 186 valence electrons. The summed E-state index contributed by atoms with van der Waals surface area (Å²) in [5.41, 5.74) is 6.74. The average Bonchev–Trinajstić information content (AvgIpc) is 3.24. The van der Waals surface area contributed by atoms with Crippen LogP contribution in [0.2, 0.25) is 0 Å². The number of amides is 3. The number of hydrogen-bond donors (Lipinski definition) is 2. The fourth-order valence-electron chi connectivity index (χ4n) is 5.56. The third-order valence-corrected chi connectivity index (χ3v) is 7.34. The van der Waals surface area contributed by atoms with E-state index in [0.29, 0.717) is 23.6 Å². The Bertz CT molecular complexity index is 1410. The number of carbonyl (C=O) groups is 3. The molecule has 1 aliphatic heterocycles. The topological polar surface area (TPSA) is 113 Å². The van der Waals surface area contributed by atoms with Crippen LogP contribution < -0.4 is 21.3 Å². The SMILES string of the molecule is CC1Cc2ccccc2N1C(=O)C1CCCCC1C(=O)NNC(=O)c1nn(C)c(=O)c2ccccc12. The van der Waals surface area contributed by atoms with E-state index < -0.39 is 23.7 Å². The molecule has 1 aromatic heterocycles. The molecular formula is C27H29N5O4. The van der Waals surface area contributed by atoms with Crippen LogP contribution in [0.3, 0.4) is 0 Å². The van der Waals surface area contributed by atoms with Gasteiger partial charge in [-0.05, 0) is 43.9 Å². The van der Waals surface area contributed by atoms with Crippen LogP contribution >= 0.6 is 0 Å². The van der Waals surface area contributed by atoms with Gasteiger partial charge in [-0.15, -0.1) is 0 Å². The van der Waals surface area contributed by atoms with E-state index in [0.717, 1.165) is 35.2 Å². The zero-order valence-electron chi connectivity index (χ0n) is 20.4. The first-order chi connectivity index (χ1) is 17.4. The zero-order valence-corrected chi connectivity index (χ0v) is 20.4. The highest BCUT2D eigenvalue weighted by Crippen LogP contribution is 2.38. The summed E-state index contributed by atoms with van der Waals surface area (Å²) in [4.78, 5) is 54.0. The summed E-state index contributed by atoms with van der Waals surface area (Å²) in [6, 6.07) is 14.6. The van der Waals surface area contributed by atoms with E-state index in [9.17, 15) is 19.2 Å². The first-order valence-corrected chi connectivity index (χ1v) is 12.3. The largest absolute Gasteiger partial charge is 0.309 e. The molecule has 0 radical (unpaired) electrons. The van der Waals surface area contributed by atoms with Gasteiger partial charge >= 0.3 is 0 Å². The molecule has 9 heteroatoms. The Kier molecular flexibility index (Phi) is 6.30. The number of aromatic nitrogens is 2. The molecule has 2 heterocycles. The lowest BCUT2D eigenvalue weighted by molar-refractivity contribution is -0.135. The summed E-state index contributed by atoms with van der Waals surface area (Å²) in [6.07, 6.45) is 3.72. The molecule has 2 aliphatic rings. The standard InChI is InChI=1S/C27H29N5O4/c1-16-15-17-9-3-8-14-22(17)32(16)27(36)21-13-7-5-11-19(21)24(33)28-29-25(34)23-18-10-4-6-12-20(18)26(35)31(2)30-23/h3-4,6,8-10,12,14,16,19,21H,5,7,11,13,15H2,1-2H3,(H,28,33)(H,29,34). The molecule has 3 aromatic rings. The summed E-state index contributed by atoms with van der Waals surface area (Å²) in [5, 5.41) is 4.86. The van der Waals surface area contributed by atoms with Gasteiger partial charge in [-0.1, -0.05) is 49.2 Å². The van der Waals surface area contributed by atoms with Crippen molar-refractivity contribution >= 4 is 34.2 Å². The Morgan fingerprint density at radius 3 is 2.36 bits per heavy atom. The van der Waals surface area contributed by atoms with Gasteiger partial charge < -0.3 is 4.90 Å². The lowest BCUT2D eigenvalue weighted by Gasteiger charge is -2.34. The van der Waals surface area contributed by atoms with E-state index >= 15 is 0 Å². The predicted molar refractivity (Wildman–Crippen MR) is 135 cm³/mol. The van der Waals surface area contributed by atoms with Crippen LogP contribution in [0.15, 0.2) is 53.3 Å². The van der Waals surface area contributed by atoms with E-state index in [1.807, 2.05) is 36.1 Å². The van der Waals surface area contributed by atoms with E-state index in [1.165, 1.54) is 7.05 Å². The Balaban J connectivity index is 1.32. The van der Waals surface area contributed by atoms with Crippen molar-refractivity contribution in [2.45, 2.75) is 45.1 Å². The maximum Gasteiger partial charge on any atom is 0.290 e. The summed E-state index contributed by atoms with van der Waals surface area (Å²) >= 11 is 0. The number of anilines is 1. The quantitative estimate of drug-likeness (QED) is 0.551. The minimum absolute atomic E-state index is 0.0318. The molecule has 1 fully saturated rings. The summed E-state index contributed by atoms with van der Waals surface area (Å²) in [6.45, 7) is 2.03. The average molecular weight is 488 g/mol. The lowest BCUT2D eigenvalue weighted by Crippen LogP contribution is -2.51. The monoisotopic (exact) mass is 487 g/mol. The molecule has 3 amide bonds. The first kappa shape index (κ1) is 23.7. The Morgan fingerprint density at radius 1 is 0.917 bits per heavy atom. The minimum atomic E-state index is -0.629. The number of rotatable bonds is 3. The second-order valence-corrected chi connectivity index (χ2v) is 9.65. The molecule has 3 unspecified atom stereocenters. The van der Waals surface area contributed by atoms with Crippen molar-refractivity contribution in [3.05, 3.63) is 70.1 Å². The highest BCUT2D eigenvalue weighted by atomic mass is 16.2. The highest BCUT2D eigenvalue weighted by Gasteiger charge is 2.41. The van der Waals surface area contributed by atoms with Gasteiger partial charge in [0.1, 0.15) is 0 Å². The van der Waals surface area contributed by atoms with Crippen molar-refractivity contribution in [1.82, 2.24) is 20.6 Å². The third-order valence-electron chi connectivity index (χ3n) is 7.34. The van der Waals surface area contributed by atoms with Gasteiger partial charge in [-0.3, -0.25) is 30.0 Å². The van der Waals surface area contributed by atoms with E-state index in [1.54, 1.807) is 24.3 Å². The van der Waals surface area contributed by atoms with Gasteiger partial charge in [-0.2, -0.15) is 5.10 Å². The molecular weight excluding hydrogens is 458 g/mol. The maximum atomic E-state index is 13.7. The lowest BCUT2D eigenvalue weighted by atomic mass is 9.77. The van der Waals surface area contributed by atoms with E-state index in [2.05, 4.69) is 16.0 Å². The van der Waals surface area contributed by atoms with Crippen molar-refractivity contribution in [3.63, 3.8) is 0 Å². The molecule has 2 N–H and O–H groups in total. The van der Waals surface area contributed by atoms with E-state index in [-0.39, 0.29) is 23.2 Å². The summed E-state index contributed by atoms with van der Waals surface area (Å²) < 4.78 is 1.10. The van der Waals surface area contributed by atoms with Gasteiger partial charge in [0, 0.05) is 24.2 Å². The smallest absolute Gasteiger partial charge is 0.290 e. The Morgan fingerprint density at radius 2 is 1.58 bits per heavy atom. The van der Waals surface area contributed by atoms with Gasteiger partial charge in [0.2, 0.25) is 11.8 Å². The van der Waals surface area contributed by atoms with Crippen LogP contribution in [0, 0.1) is 11.8 Å². The summed E-state index contributed by atoms with van der Waals surface area (Å²) in [7, 11) is 1.47. The number of nitrogens with zero attached hydrogens (tertiary/aromatic N) is 3. The number of carbonyl (C=O) groups excluding carboxylic acids is 3. The highest BCUT2D eigenvalue weighted by molar-refractivity contribution is 6.05. The second kappa shape index (κ2) is 9.56. The number of para-hydroxylation sites is 1. The van der Waals surface area contributed by atoms with Crippen LogP contribution in [0.5, 0.6) is 0 Å².